The summed E-state index contributed by atoms with van der Waals surface area (Å²) >= 11 is 0. The molecule has 4 heterocycles. The van der Waals surface area contributed by atoms with Gasteiger partial charge in [-0.15, -0.1) is 0 Å². The van der Waals surface area contributed by atoms with Crippen LogP contribution in [-0.4, -0.2) is 23.9 Å². The maximum absolute atomic E-state index is 5.18. The fraction of sp³-hybridized carbons (Fsp3) is 0. The van der Waals surface area contributed by atoms with Gasteiger partial charge in [-0.1, -0.05) is 115 Å². The Morgan fingerprint density at radius 2 is 0.864 bits per heavy atom. The third-order valence-corrected chi connectivity index (χ3v) is 8.89. The number of benzene rings is 6. The molecule has 0 bridgehead atoms. The molecular formula is C39H23N5. The summed E-state index contributed by atoms with van der Waals surface area (Å²) in [4.78, 5) is 15.3. The molecule has 0 amide bonds. The van der Waals surface area contributed by atoms with Gasteiger partial charge >= 0.3 is 0 Å². The number of para-hydroxylation sites is 3. The molecule has 4 aromatic heterocycles. The number of aromatic nitrogens is 5. The highest BCUT2D eigenvalue weighted by Crippen LogP contribution is 2.46. The minimum atomic E-state index is 0.603. The molecule has 5 nitrogen and oxygen atoms in total. The van der Waals surface area contributed by atoms with Crippen molar-refractivity contribution in [1.82, 2.24) is 23.9 Å². The Balaban J connectivity index is 1.43. The van der Waals surface area contributed by atoms with E-state index in [0.29, 0.717) is 17.6 Å². The van der Waals surface area contributed by atoms with Gasteiger partial charge in [-0.2, -0.15) is 9.97 Å². The first-order chi connectivity index (χ1) is 21.8. The van der Waals surface area contributed by atoms with E-state index in [0.717, 1.165) is 22.2 Å². The first-order valence-corrected chi connectivity index (χ1v) is 14.8. The largest absolute Gasteiger partial charge is 0.308 e. The standard InChI is InChI=1S/C39H23N5/c1-3-13-24(14-4-1)37-40-38(25-15-5-2-6-16-25)42-39(41-37)44-32-21-11-8-18-27(32)30-23-29-26-17-7-10-20-31(26)43-33-22-12-9-19-28(33)34(35(29)43)36(30)44/h1-23H. The molecule has 10 rings (SSSR count). The van der Waals surface area contributed by atoms with Crippen molar-refractivity contribution in [3.63, 3.8) is 0 Å². The van der Waals surface area contributed by atoms with Crippen molar-refractivity contribution >= 4 is 59.9 Å². The molecule has 6 aromatic carbocycles. The van der Waals surface area contributed by atoms with Gasteiger partial charge in [0.05, 0.1) is 27.6 Å². The zero-order chi connectivity index (χ0) is 28.8. The quantitative estimate of drug-likeness (QED) is 0.216. The summed E-state index contributed by atoms with van der Waals surface area (Å²) in [5.74, 6) is 1.89. The van der Waals surface area contributed by atoms with Gasteiger partial charge in [0, 0.05) is 43.4 Å². The number of fused-ring (bicyclic) bond motifs is 10. The molecule has 0 aliphatic heterocycles. The van der Waals surface area contributed by atoms with Crippen molar-refractivity contribution in [3.8, 4) is 28.7 Å². The summed E-state index contributed by atoms with van der Waals surface area (Å²) in [5, 5.41) is 7.30. The maximum atomic E-state index is 5.18. The molecule has 0 aliphatic carbocycles. The summed E-state index contributed by atoms with van der Waals surface area (Å²) in [6, 6.07) is 48.7. The minimum Gasteiger partial charge on any atom is -0.308 e. The lowest BCUT2D eigenvalue weighted by atomic mass is 10.0. The van der Waals surface area contributed by atoms with E-state index >= 15 is 0 Å². The van der Waals surface area contributed by atoms with E-state index in [4.69, 9.17) is 15.0 Å². The molecule has 0 atom stereocenters. The summed E-state index contributed by atoms with van der Waals surface area (Å²) in [6.07, 6.45) is 0. The number of hydrogen-bond donors (Lipinski definition) is 0. The lowest BCUT2D eigenvalue weighted by Gasteiger charge is -2.11. The van der Waals surface area contributed by atoms with Crippen LogP contribution in [0.1, 0.15) is 0 Å². The molecule has 10 aromatic rings. The van der Waals surface area contributed by atoms with E-state index < -0.39 is 0 Å². The van der Waals surface area contributed by atoms with E-state index in [9.17, 15) is 0 Å². The smallest absolute Gasteiger partial charge is 0.238 e. The summed E-state index contributed by atoms with van der Waals surface area (Å²) < 4.78 is 4.68. The zero-order valence-corrected chi connectivity index (χ0v) is 23.5. The average molecular weight is 562 g/mol. The normalized spacial score (nSPS) is 12.1. The minimum absolute atomic E-state index is 0.603. The lowest BCUT2D eigenvalue weighted by molar-refractivity contribution is 0.955. The monoisotopic (exact) mass is 561 g/mol. The van der Waals surface area contributed by atoms with E-state index in [1.807, 2.05) is 36.4 Å². The van der Waals surface area contributed by atoms with E-state index in [1.54, 1.807) is 0 Å². The number of hydrogen-bond acceptors (Lipinski definition) is 3. The van der Waals surface area contributed by atoms with Crippen LogP contribution in [0.15, 0.2) is 140 Å². The fourth-order valence-electron chi connectivity index (χ4n) is 7.06. The van der Waals surface area contributed by atoms with Gasteiger partial charge in [-0.05, 0) is 24.3 Å². The SMILES string of the molecule is c1ccc(-c2nc(-c3ccccc3)nc(-n3c4ccccc4c4cc5c6ccccc6n6c7ccccc7c(c43)c56)n2)cc1. The molecule has 44 heavy (non-hydrogen) atoms. The second-order valence-electron chi connectivity index (χ2n) is 11.3. The van der Waals surface area contributed by atoms with Gasteiger partial charge in [0.25, 0.3) is 0 Å². The van der Waals surface area contributed by atoms with Gasteiger partial charge in [-0.3, -0.25) is 4.57 Å². The molecule has 0 spiro atoms. The third kappa shape index (κ3) is 3.10. The predicted molar refractivity (Wildman–Crippen MR) is 180 cm³/mol. The van der Waals surface area contributed by atoms with Crippen LogP contribution in [0.2, 0.25) is 0 Å². The van der Waals surface area contributed by atoms with Gasteiger partial charge in [0.1, 0.15) is 0 Å². The van der Waals surface area contributed by atoms with Gasteiger partial charge in [-0.25, -0.2) is 4.98 Å². The number of rotatable bonds is 3. The number of nitrogens with zero attached hydrogens (tertiary/aromatic N) is 5. The van der Waals surface area contributed by atoms with Gasteiger partial charge in [0.2, 0.25) is 5.95 Å². The topological polar surface area (TPSA) is 48.0 Å². The van der Waals surface area contributed by atoms with Crippen LogP contribution in [0.5, 0.6) is 0 Å². The van der Waals surface area contributed by atoms with E-state index in [1.165, 1.54) is 48.9 Å². The Kier molecular flexibility index (Phi) is 4.66. The molecule has 204 valence electrons. The molecule has 0 aliphatic rings. The van der Waals surface area contributed by atoms with E-state index in [-0.39, 0.29) is 0 Å². The Bertz CT molecular complexity index is 2650. The molecule has 0 radical (unpaired) electrons. The van der Waals surface area contributed by atoms with Crippen LogP contribution >= 0.6 is 0 Å². The summed E-state index contributed by atoms with van der Waals surface area (Å²) in [5.41, 5.74) is 7.72. The summed E-state index contributed by atoms with van der Waals surface area (Å²) in [7, 11) is 0. The predicted octanol–water partition coefficient (Wildman–Crippen LogP) is 9.45. The van der Waals surface area contributed by atoms with Crippen molar-refractivity contribution in [2.75, 3.05) is 0 Å². The molecule has 0 saturated heterocycles. The highest BCUT2D eigenvalue weighted by atomic mass is 15.2. The van der Waals surface area contributed by atoms with Crippen molar-refractivity contribution in [2.24, 2.45) is 0 Å². The highest BCUT2D eigenvalue weighted by molar-refractivity contribution is 6.34. The molecule has 5 heteroatoms. The van der Waals surface area contributed by atoms with Crippen LogP contribution in [0, 0.1) is 0 Å². The van der Waals surface area contributed by atoms with Crippen molar-refractivity contribution < 1.29 is 0 Å². The van der Waals surface area contributed by atoms with Crippen molar-refractivity contribution in [1.29, 1.82) is 0 Å². The lowest BCUT2D eigenvalue weighted by Crippen LogP contribution is -2.06. The summed E-state index contributed by atoms with van der Waals surface area (Å²) in [6.45, 7) is 0. The first-order valence-electron chi connectivity index (χ1n) is 14.8. The second-order valence-corrected chi connectivity index (χ2v) is 11.3. The van der Waals surface area contributed by atoms with Gasteiger partial charge in [0.15, 0.2) is 11.6 Å². The Labute approximate surface area is 251 Å². The Hall–Kier alpha value is -6.07. The van der Waals surface area contributed by atoms with Gasteiger partial charge < -0.3 is 4.40 Å². The second kappa shape index (κ2) is 8.72. The molecule has 0 N–H and O–H groups in total. The highest BCUT2D eigenvalue weighted by Gasteiger charge is 2.25. The Morgan fingerprint density at radius 1 is 0.386 bits per heavy atom. The zero-order valence-electron chi connectivity index (χ0n) is 23.5. The van der Waals surface area contributed by atoms with Crippen LogP contribution < -0.4 is 0 Å². The molecule has 0 saturated carbocycles. The first kappa shape index (κ1) is 23.5. The molecule has 0 fully saturated rings. The van der Waals surface area contributed by atoms with Crippen molar-refractivity contribution in [3.05, 3.63) is 140 Å². The average Bonchev–Trinajstić information content (AvgIpc) is 3.73. The van der Waals surface area contributed by atoms with Crippen LogP contribution in [0.4, 0.5) is 0 Å². The van der Waals surface area contributed by atoms with Crippen LogP contribution in [0.3, 0.4) is 0 Å². The van der Waals surface area contributed by atoms with Crippen molar-refractivity contribution in [2.45, 2.75) is 0 Å². The maximum Gasteiger partial charge on any atom is 0.238 e. The third-order valence-electron chi connectivity index (χ3n) is 8.89. The van der Waals surface area contributed by atoms with Crippen LogP contribution in [0.25, 0.3) is 88.6 Å². The molecular weight excluding hydrogens is 538 g/mol. The molecule has 0 unspecified atom stereocenters. The fourth-order valence-corrected chi connectivity index (χ4v) is 7.06. The Morgan fingerprint density at radius 3 is 1.50 bits per heavy atom. The van der Waals surface area contributed by atoms with E-state index in [2.05, 4.69) is 112 Å². The van der Waals surface area contributed by atoms with Crippen LogP contribution in [-0.2, 0) is 0 Å².